The molecule has 0 fully saturated rings. The van der Waals surface area contributed by atoms with Crippen molar-refractivity contribution >= 4 is 33.2 Å². The van der Waals surface area contributed by atoms with Crippen LogP contribution >= 0.6 is 23.2 Å². The van der Waals surface area contributed by atoms with Gasteiger partial charge in [-0.05, 0) is 36.8 Å². The van der Waals surface area contributed by atoms with Crippen molar-refractivity contribution in [1.29, 1.82) is 0 Å². The van der Waals surface area contributed by atoms with E-state index in [0.717, 1.165) is 5.56 Å². The van der Waals surface area contributed by atoms with Gasteiger partial charge in [0.15, 0.2) is 0 Å². The molecule has 0 aromatic heterocycles. The van der Waals surface area contributed by atoms with Crippen LogP contribution < -0.4 is 0 Å². The number of nitrogens with zero attached hydrogens (tertiary/aromatic N) is 1. The highest BCUT2D eigenvalue weighted by molar-refractivity contribution is 7.89. The molecule has 0 saturated carbocycles. The van der Waals surface area contributed by atoms with Crippen LogP contribution in [0.25, 0.3) is 0 Å². The molecule has 0 saturated heterocycles. The second-order valence-electron chi connectivity index (χ2n) is 4.81. The smallest absolute Gasteiger partial charge is 0.207 e. The Morgan fingerprint density at radius 2 is 1.67 bits per heavy atom. The summed E-state index contributed by atoms with van der Waals surface area (Å²) in [4.78, 5) is 0.265. The standard InChI is InChI=1S/C15H15Cl2NO2S/c1-11-3-7-14(8-4-11)21(19,20)18(2)10-12-5-6-13(16)9-15(12)17/h3-9H,10H2,1-2H3. The lowest BCUT2D eigenvalue weighted by Crippen LogP contribution is -2.26. The van der Waals surface area contributed by atoms with E-state index in [4.69, 9.17) is 23.2 Å². The summed E-state index contributed by atoms with van der Waals surface area (Å²) in [6.45, 7) is 2.10. The summed E-state index contributed by atoms with van der Waals surface area (Å²) < 4.78 is 26.2. The monoisotopic (exact) mass is 343 g/mol. The van der Waals surface area contributed by atoms with E-state index in [2.05, 4.69) is 0 Å². The van der Waals surface area contributed by atoms with Crippen molar-refractivity contribution in [2.45, 2.75) is 18.4 Å². The largest absolute Gasteiger partial charge is 0.243 e. The van der Waals surface area contributed by atoms with E-state index in [0.29, 0.717) is 15.6 Å². The summed E-state index contributed by atoms with van der Waals surface area (Å²) in [5.41, 5.74) is 1.72. The minimum atomic E-state index is -3.54. The summed E-state index contributed by atoms with van der Waals surface area (Å²) in [7, 11) is -2.01. The first-order valence-electron chi connectivity index (χ1n) is 6.27. The maximum absolute atomic E-state index is 12.5. The molecule has 0 radical (unpaired) electrons. The number of hydrogen-bond acceptors (Lipinski definition) is 2. The molecule has 0 spiro atoms. The van der Waals surface area contributed by atoms with Crippen molar-refractivity contribution in [1.82, 2.24) is 4.31 Å². The van der Waals surface area contributed by atoms with Crippen LogP contribution in [0, 0.1) is 6.92 Å². The van der Waals surface area contributed by atoms with Crippen LogP contribution in [0.1, 0.15) is 11.1 Å². The van der Waals surface area contributed by atoms with E-state index in [1.165, 1.54) is 11.4 Å². The zero-order valence-electron chi connectivity index (χ0n) is 11.7. The normalized spacial score (nSPS) is 11.9. The number of benzene rings is 2. The van der Waals surface area contributed by atoms with Crippen LogP contribution in [0.2, 0.25) is 10.0 Å². The van der Waals surface area contributed by atoms with Gasteiger partial charge in [-0.25, -0.2) is 8.42 Å². The molecule has 0 N–H and O–H groups in total. The third-order valence-electron chi connectivity index (χ3n) is 3.14. The van der Waals surface area contributed by atoms with Crippen molar-refractivity contribution in [3.05, 3.63) is 63.6 Å². The minimum Gasteiger partial charge on any atom is -0.207 e. The maximum atomic E-state index is 12.5. The first kappa shape index (κ1) is 16.3. The first-order chi connectivity index (χ1) is 9.80. The molecule has 0 aliphatic rings. The van der Waals surface area contributed by atoms with Gasteiger partial charge in [-0.1, -0.05) is 47.0 Å². The minimum absolute atomic E-state index is 0.187. The molecule has 0 aliphatic carbocycles. The van der Waals surface area contributed by atoms with E-state index in [1.54, 1.807) is 42.5 Å². The molecule has 2 rings (SSSR count). The van der Waals surface area contributed by atoms with Gasteiger partial charge in [0.25, 0.3) is 0 Å². The molecule has 3 nitrogen and oxygen atoms in total. The van der Waals surface area contributed by atoms with Crippen LogP contribution in [0.3, 0.4) is 0 Å². The van der Waals surface area contributed by atoms with Crippen LogP contribution in [-0.2, 0) is 16.6 Å². The predicted octanol–water partition coefficient (Wildman–Crippen LogP) is 4.12. The molecule has 6 heteroatoms. The lowest BCUT2D eigenvalue weighted by atomic mass is 10.2. The Bertz CT molecular complexity index is 743. The third-order valence-corrected chi connectivity index (χ3v) is 5.54. The Hall–Kier alpha value is -1.07. The molecule has 0 atom stereocenters. The van der Waals surface area contributed by atoms with Gasteiger partial charge >= 0.3 is 0 Å². The molecule has 112 valence electrons. The Labute approximate surface area is 135 Å². The summed E-state index contributed by atoms with van der Waals surface area (Å²) in [6.07, 6.45) is 0. The van der Waals surface area contributed by atoms with Crippen LogP contribution in [0.15, 0.2) is 47.4 Å². The highest BCUT2D eigenvalue weighted by atomic mass is 35.5. The van der Waals surface area contributed by atoms with Gasteiger partial charge < -0.3 is 0 Å². The van der Waals surface area contributed by atoms with Crippen LogP contribution in [0.5, 0.6) is 0 Å². The average molecular weight is 344 g/mol. The number of rotatable bonds is 4. The molecule has 0 bridgehead atoms. The van der Waals surface area contributed by atoms with Gasteiger partial charge in [-0.3, -0.25) is 0 Å². The fourth-order valence-electron chi connectivity index (χ4n) is 1.86. The Balaban J connectivity index is 2.26. The summed E-state index contributed by atoms with van der Waals surface area (Å²) in [6, 6.07) is 11.8. The second-order valence-corrected chi connectivity index (χ2v) is 7.70. The quantitative estimate of drug-likeness (QED) is 0.837. The molecule has 0 heterocycles. The fourth-order valence-corrected chi connectivity index (χ4v) is 3.48. The number of halogens is 2. The molecular formula is C15H15Cl2NO2S. The molecule has 21 heavy (non-hydrogen) atoms. The molecular weight excluding hydrogens is 329 g/mol. The Kier molecular flexibility index (Phi) is 4.94. The molecule has 2 aromatic carbocycles. The van der Waals surface area contributed by atoms with E-state index in [1.807, 2.05) is 6.92 Å². The molecule has 0 aliphatic heterocycles. The van der Waals surface area contributed by atoms with Crippen molar-refractivity contribution in [2.24, 2.45) is 0 Å². The highest BCUT2D eigenvalue weighted by Crippen LogP contribution is 2.24. The SMILES string of the molecule is Cc1ccc(S(=O)(=O)N(C)Cc2ccc(Cl)cc2Cl)cc1. The van der Waals surface area contributed by atoms with Gasteiger partial charge in [-0.15, -0.1) is 0 Å². The van der Waals surface area contributed by atoms with Gasteiger partial charge in [0, 0.05) is 23.6 Å². The van der Waals surface area contributed by atoms with Gasteiger partial charge in [0.1, 0.15) is 0 Å². The predicted molar refractivity (Wildman–Crippen MR) is 86.3 cm³/mol. The molecule has 0 unspecified atom stereocenters. The van der Waals surface area contributed by atoms with Crippen LogP contribution in [0.4, 0.5) is 0 Å². The maximum Gasteiger partial charge on any atom is 0.243 e. The second kappa shape index (κ2) is 6.36. The zero-order valence-corrected chi connectivity index (χ0v) is 14.0. The molecule has 0 amide bonds. The van der Waals surface area contributed by atoms with Gasteiger partial charge in [0.05, 0.1) is 4.90 Å². The summed E-state index contributed by atoms with van der Waals surface area (Å²) >= 11 is 11.9. The zero-order chi connectivity index (χ0) is 15.6. The van der Waals surface area contributed by atoms with E-state index < -0.39 is 10.0 Å². The Morgan fingerprint density at radius 3 is 2.24 bits per heavy atom. The summed E-state index contributed by atoms with van der Waals surface area (Å²) in [5.74, 6) is 0. The van der Waals surface area contributed by atoms with Gasteiger partial charge in [-0.2, -0.15) is 4.31 Å². The molecule has 2 aromatic rings. The Morgan fingerprint density at radius 1 is 1.05 bits per heavy atom. The van der Waals surface area contributed by atoms with E-state index in [-0.39, 0.29) is 11.4 Å². The lowest BCUT2D eigenvalue weighted by molar-refractivity contribution is 0.467. The average Bonchev–Trinajstić information content (AvgIpc) is 2.42. The van der Waals surface area contributed by atoms with Crippen molar-refractivity contribution in [2.75, 3.05) is 7.05 Å². The van der Waals surface area contributed by atoms with Crippen molar-refractivity contribution in [3.8, 4) is 0 Å². The number of hydrogen-bond donors (Lipinski definition) is 0. The topological polar surface area (TPSA) is 37.4 Å². The van der Waals surface area contributed by atoms with E-state index in [9.17, 15) is 8.42 Å². The first-order valence-corrected chi connectivity index (χ1v) is 8.47. The van der Waals surface area contributed by atoms with Crippen molar-refractivity contribution in [3.63, 3.8) is 0 Å². The summed E-state index contributed by atoms with van der Waals surface area (Å²) in [5, 5.41) is 0.973. The van der Waals surface area contributed by atoms with Crippen molar-refractivity contribution < 1.29 is 8.42 Å². The number of aryl methyl sites for hydroxylation is 1. The fraction of sp³-hybridized carbons (Fsp3) is 0.200. The van der Waals surface area contributed by atoms with Crippen LogP contribution in [-0.4, -0.2) is 19.8 Å². The van der Waals surface area contributed by atoms with Gasteiger partial charge in [0.2, 0.25) is 10.0 Å². The highest BCUT2D eigenvalue weighted by Gasteiger charge is 2.21. The number of sulfonamides is 1. The lowest BCUT2D eigenvalue weighted by Gasteiger charge is -2.18. The van der Waals surface area contributed by atoms with E-state index >= 15 is 0 Å². The third kappa shape index (κ3) is 3.77.